The summed E-state index contributed by atoms with van der Waals surface area (Å²) >= 11 is 1.33. The Bertz CT molecular complexity index is 338. The van der Waals surface area contributed by atoms with Crippen LogP contribution in [0.4, 0.5) is 0 Å². The monoisotopic (exact) mass is 302 g/mol. The van der Waals surface area contributed by atoms with Crippen molar-refractivity contribution in [2.45, 2.75) is 57.2 Å². The summed E-state index contributed by atoms with van der Waals surface area (Å²) in [4.78, 5) is 26.4. The van der Waals surface area contributed by atoms with Gasteiger partial charge in [0, 0.05) is 12.6 Å². The number of nitrogens with one attached hydrogen (secondary N) is 1. The lowest BCUT2D eigenvalue weighted by Gasteiger charge is -2.30. The van der Waals surface area contributed by atoms with Crippen LogP contribution in [0, 0.1) is 5.92 Å². The average molecular weight is 302 g/mol. The number of likely N-dealkylation sites (tertiary alicyclic amines) is 1. The number of hydrogen-bond donors (Lipinski definition) is 2. The van der Waals surface area contributed by atoms with Crippen molar-refractivity contribution < 1.29 is 14.8 Å². The maximum atomic E-state index is 12.7. The lowest BCUT2D eigenvalue weighted by Crippen LogP contribution is -2.46. The molecule has 2 N–H and O–H groups in total. The molecule has 1 rings (SSSR count). The highest BCUT2D eigenvalue weighted by molar-refractivity contribution is 8.00. The minimum absolute atomic E-state index is 0.0615. The van der Waals surface area contributed by atoms with Gasteiger partial charge in [0.1, 0.15) is 0 Å². The number of rotatable bonds is 7. The van der Waals surface area contributed by atoms with E-state index >= 15 is 0 Å². The fourth-order valence-corrected chi connectivity index (χ4v) is 3.67. The van der Waals surface area contributed by atoms with Crippen LogP contribution in [-0.4, -0.2) is 46.0 Å². The van der Waals surface area contributed by atoms with Crippen molar-refractivity contribution in [1.29, 1.82) is 0 Å². The van der Waals surface area contributed by atoms with Crippen LogP contribution in [0.2, 0.25) is 0 Å². The molecule has 1 aliphatic rings. The maximum absolute atomic E-state index is 12.7. The molecule has 3 atom stereocenters. The summed E-state index contributed by atoms with van der Waals surface area (Å²) in [5.74, 6) is -0.761. The van der Waals surface area contributed by atoms with Gasteiger partial charge in [-0.1, -0.05) is 19.8 Å². The zero-order valence-corrected chi connectivity index (χ0v) is 13.4. The number of amides is 2. The van der Waals surface area contributed by atoms with E-state index in [1.54, 1.807) is 11.7 Å². The largest absolute Gasteiger partial charge is 0.340 e. The molecule has 1 aliphatic heterocycles. The summed E-state index contributed by atoms with van der Waals surface area (Å²) in [7, 11) is 0. The van der Waals surface area contributed by atoms with Gasteiger partial charge in [0.15, 0.2) is 0 Å². The molecule has 0 aliphatic carbocycles. The van der Waals surface area contributed by atoms with Crippen molar-refractivity contribution in [3.8, 4) is 0 Å². The van der Waals surface area contributed by atoms with Gasteiger partial charge < -0.3 is 4.90 Å². The molecule has 1 saturated heterocycles. The third-order valence-electron chi connectivity index (χ3n) is 4.01. The van der Waals surface area contributed by atoms with E-state index in [9.17, 15) is 9.59 Å². The molecule has 2 amide bonds. The normalized spacial score (nSPS) is 21.6. The van der Waals surface area contributed by atoms with Gasteiger partial charge >= 0.3 is 0 Å². The van der Waals surface area contributed by atoms with E-state index < -0.39 is 11.2 Å². The number of hydroxylamine groups is 1. The Balaban J connectivity index is 2.86. The van der Waals surface area contributed by atoms with E-state index in [1.165, 1.54) is 11.8 Å². The van der Waals surface area contributed by atoms with E-state index in [0.717, 1.165) is 32.2 Å². The topological polar surface area (TPSA) is 69.6 Å². The first kappa shape index (κ1) is 17.3. The lowest BCUT2D eigenvalue weighted by molar-refractivity contribution is -0.140. The van der Waals surface area contributed by atoms with Gasteiger partial charge in [0.05, 0.1) is 11.2 Å². The quantitative estimate of drug-likeness (QED) is 0.558. The zero-order chi connectivity index (χ0) is 15.1. The van der Waals surface area contributed by atoms with E-state index in [2.05, 4.69) is 13.8 Å². The first-order valence-corrected chi connectivity index (χ1v) is 8.62. The Morgan fingerprint density at radius 1 is 1.50 bits per heavy atom. The number of thioether (sulfide) groups is 1. The molecule has 0 aromatic carbocycles. The molecule has 0 bridgehead atoms. The molecule has 20 heavy (non-hydrogen) atoms. The van der Waals surface area contributed by atoms with Crippen molar-refractivity contribution in [3.63, 3.8) is 0 Å². The molecule has 0 saturated carbocycles. The second-order valence-electron chi connectivity index (χ2n) is 5.40. The SMILES string of the molecule is CCCC[C@@H](C(=O)N1CCC[C@H]1C)[C@@H](SC)C(=O)NO. The van der Waals surface area contributed by atoms with Crippen LogP contribution in [0.15, 0.2) is 0 Å². The van der Waals surface area contributed by atoms with E-state index in [4.69, 9.17) is 5.21 Å². The van der Waals surface area contributed by atoms with Crippen molar-refractivity contribution in [2.24, 2.45) is 5.92 Å². The Hall–Kier alpha value is -0.750. The Kier molecular flexibility index (Phi) is 7.37. The predicted octanol–water partition coefficient (Wildman–Crippen LogP) is 2.04. The van der Waals surface area contributed by atoms with Crippen molar-refractivity contribution in [1.82, 2.24) is 10.4 Å². The maximum Gasteiger partial charge on any atom is 0.257 e. The molecule has 0 spiro atoms. The molecule has 0 aromatic heterocycles. The Morgan fingerprint density at radius 3 is 2.65 bits per heavy atom. The van der Waals surface area contributed by atoms with Crippen LogP contribution < -0.4 is 5.48 Å². The van der Waals surface area contributed by atoms with Crippen LogP contribution in [0.5, 0.6) is 0 Å². The minimum atomic E-state index is -0.521. The second-order valence-corrected chi connectivity index (χ2v) is 6.38. The summed E-state index contributed by atoms with van der Waals surface area (Å²) in [5, 5.41) is 8.35. The van der Waals surface area contributed by atoms with Gasteiger partial charge in [-0.15, -0.1) is 0 Å². The van der Waals surface area contributed by atoms with Gasteiger partial charge in [0.25, 0.3) is 5.91 Å². The Labute approximate surface area is 125 Å². The summed E-state index contributed by atoms with van der Waals surface area (Å²) < 4.78 is 0. The first-order valence-electron chi connectivity index (χ1n) is 7.34. The molecule has 0 radical (unpaired) electrons. The van der Waals surface area contributed by atoms with Crippen molar-refractivity contribution in [3.05, 3.63) is 0 Å². The molecular formula is C14H26N2O3S. The van der Waals surface area contributed by atoms with E-state index in [-0.39, 0.29) is 17.9 Å². The van der Waals surface area contributed by atoms with Crippen molar-refractivity contribution in [2.75, 3.05) is 12.8 Å². The third kappa shape index (κ3) is 4.12. The number of unbranched alkanes of at least 4 members (excludes halogenated alkanes) is 1. The highest BCUT2D eigenvalue weighted by Gasteiger charge is 2.37. The van der Waals surface area contributed by atoms with Crippen LogP contribution in [0.3, 0.4) is 0 Å². The third-order valence-corrected chi connectivity index (χ3v) is 5.06. The van der Waals surface area contributed by atoms with Gasteiger partial charge in [-0.25, -0.2) is 5.48 Å². The van der Waals surface area contributed by atoms with E-state index in [1.807, 2.05) is 4.90 Å². The fraction of sp³-hybridized carbons (Fsp3) is 0.857. The highest BCUT2D eigenvalue weighted by Crippen LogP contribution is 2.28. The molecule has 1 heterocycles. The molecule has 6 heteroatoms. The van der Waals surface area contributed by atoms with Crippen LogP contribution >= 0.6 is 11.8 Å². The van der Waals surface area contributed by atoms with Crippen LogP contribution in [-0.2, 0) is 9.59 Å². The van der Waals surface area contributed by atoms with Crippen LogP contribution in [0.25, 0.3) is 0 Å². The summed E-state index contributed by atoms with van der Waals surface area (Å²) in [5.41, 5.74) is 1.70. The molecule has 1 fully saturated rings. The lowest BCUT2D eigenvalue weighted by atomic mass is 9.95. The molecular weight excluding hydrogens is 276 g/mol. The van der Waals surface area contributed by atoms with Gasteiger partial charge in [-0.2, -0.15) is 11.8 Å². The summed E-state index contributed by atoms with van der Waals surface area (Å²) in [6, 6.07) is 0.256. The summed E-state index contributed by atoms with van der Waals surface area (Å²) in [6.45, 7) is 4.91. The van der Waals surface area contributed by atoms with Crippen LogP contribution in [0.1, 0.15) is 46.0 Å². The molecule has 0 unspecified atom stereocenters. The minimum Gasteiger partial charge on any atom is -0.340 e. The highest BCUT2D eigenvalue weighted by atomic mass is 32.2. The van der Waals surface area contributed by atoms with Crippen molar-refractivity contribution >= 4 is 23.6 Å². The number of carbonyl (C=O) groups is 2. The number of carbonyl (C=O) groups excluding carboxylic acids is 2. The van der Waals surface area contributed by atoms with Gasteiger partial charge in [-0.3, -0.25) is 14.8 Å². The number of hydrogen-bond acceptors (Lipinski definition) is 4. The predicted molar refractivity (Wildman–Crippen MR) is 80.7 cm³/mol. The molecule has 5 nitrogen and oxygen atoms in total. The Morgan fingerprint density at radius 2 is 2.20 bits per heavy atom. The van der Waals surface area contributed by atoms with Gasteiger partial charge in [0.2, 0.25) is 5.91 Å². The smallest absolute Gasteiger partial charge is 0.257 e. The second kappa shape index (κ2) is 8.52. The molecule has 116 valence electrons. The summed E-state index contributed by atoms with van der Waals surface area (Å²) in [6.07, 6.45) is 6.46. The van der Waals surface area contributed by atoms with Gasteiger partial charge in [-0.05, 0) is 32.4 Å². The first-order chi connectivity index (χ1) is 9.56. The van der Waals surface area contributed by atoms with E-state index in [0.29, 0.717) is 6.42 Å². The standard InChI is InChI=1S/C14H26N2O3S/c1-4-5-8-11(12(20-3)13(17)15-19)14(18)16-9-6-7-10(16)2/h10-12,19H,4-9H2,1-3H3,(H,15,17)/t10-,11-,12-/m1/s1. The fourth-order valence-electron chi connectivity index (χ4n) is 2.82. The zero-order valence-electron chi connectivity index (χ0n) is 12.6. The number of nitrogens with zero attached hydrogens (tertiary/aromatic N) is 1. The molecule has 0 aromatic rings. The average Bonchev–Trinajstić information content (AvgIpc) is 2.88.